The maximum Gasteiger partial charge on any atom is 0.338 e. The third kappa shape index (κ3) is 1.88. The van der Waals surface area contributed by atoms with Gasteiger partial charge in [0.05, 0.1) is 12.7 Å². The molecule has 80 valence electrons. The van der Waals surface area contributed by atoms with Crippen LogP contribution in [0, 0.1) is 6.92 Å². The van der Waals surface area contributed by atoms with Crippen LogP contribution in [-0.4, -0.2) is 18.8 Å². The zero-order valence-electron chi connectivity index (χ0n) is 9.00. The highest BCUT2D eigenvalue weighted by Crippen LogP contribution is 2.34. The molecular formula is C12H14O2S. The second kappa shape index (κ2) is 4.27. The normalized spacial score (nSPS) is 14.5. The molecule has 2 nitrogen and oxygen atoms in total. The van der Waals surface area contributed by atoms with E-state index in [1.807, 2.05) is 24.8 Å². The van der Waals surface area contributed by atoms with Crippen LogP contribution in [0.4, 0.5) is 0 Å². The predicted molar refractivity (Wildman–Crippen MR) is 61.6 cm³/mol. The van der Waals surface area contributed by atoms with Crippen LogP contribution in [0.1, 0.15) is 27.9 Å². The van der Waals surface area contributed by atoms with Crippen molar-refractivity contribution in [3.05, 3.63) is 28.8 Å². The Labute approximate surface area is 94.0 Å². The molecule has 0 fully saturated rings. The lowest BCUT2D eigenvalue weighted by Gasteiger charge is -2.18. The van der Waals surface area contributed by atoms with Gasteiger partial charge in [-0.25, -0.2) is 4.79 Å². The third-order valence-electron chi connectivity index (χ3n) is 2.73. The summed E-state index contributed by atoms with van der Waals surface area (Å²) in [6.07, 6.45) is 2.36. The van der Waals surface area contributed by atoms with Gasteiger partial charge in [-0.05, 0) is 42.7 Å². The molecule has 0 saturated heterocycles. The number of rotatable bonds is 1. The number of hydrogen-bond donors (Lipinski definition) is 0. The smallest absolute Gasteiger partial charge is 0.338 e. The highest BCUT2D eigenvalue weighted by molar-refractivity contribution is 7.99. The zero-order valence-corrected chi connectivity index (χ0v) is 9.82. The number of benzene rings is 1. The van der Waals surface area contributed by atoms with Crippen molar-refractivity contribution in [2.75, 3.05) is 12.9 Å². The highest BCUT2D eigenvalue weighted by Gasteiger charge is 2.17. The molecule has 0 unspecified atom stereocenters. The summed E-state index contributed by atoms with van der Waals surface area (Å²) >= 11 is 1.85. The second-order valence-corrected chi connectivity index (χ2v) is 4.78. The van der Waals surface area contributed by atoms with Crippen LogP contribution >= 0.6 is 11.8 Å². The number of esters is 1. The fraction of sp³-hybridized carbons (Fsp3) is 0.417. The average Bonchev–Trinajstić information content (AvgIpc) is 2.29. The first-order chi connectivity index (χ1) is 7.24. The van der Waals surface area contributed by atoms with Crippen LogP contribution < -0.4 is 0 Å². The van der Waals surface area contributed by atoms with E-state index in [2.05, 4.69) is 6.07 Å². The maximum atomic E-state index is 11.5. The Morgan fingerprint density at radius 1 is 1.47 bits per heavy atom. The first kappa shape index (κ1) is 10.6. The van der Waals surface area contributed by atoms with Gasteiger partial charge in [-0.1, -0.05) is 6.07 Å². The molecule has 15 heavy (non-hydrogen) atoms. The zero-order chi connectivity index (χ0) is 10.8. The molecule has 1 aromatic carbocycles. The number of methoxy groups -OCH3 is 1. The Balaban J connectivity index is 2.47. The van der Waals surface area contributed by atoms with Crippen molar-refractivity contribution >= 4 is 17.7 Å². The van der Waals surface area contributed by atoms with Gasteiger partial charge >= 0.3 is 5.97 Å². The molecule has 0 bridgehead atoms. The van der Waals surface area contributed by atoms with Crippen LogP contribution in [0.5, 0.6) is 0 Å². The lowest BCUT2D eigenvalue weighted by atomic mass is 10.0. The van der Waals surface area contributed by atoms with Crippen LogP contribution in [0.3, 0.4) is 0 Å². The van der Waals surface area contributed by atoms with Crippen molar-refractivity contribution in [2.45, 2.75) is 24.7 Å². The number of thioether (sulfide) groups is 1. The summed E-state index contributed by atoms with van der Waals surface area (Å²) in [5, 5.41) is 0. The topological polar surface area (TPSA) is 26.3 Å². The van der Waals surface area contributed by atoms with Crippen molar-refractivity contribution in [1.82, 2.24) is 0 Å². The number of hydrogen-bond acceptors (Lipinski definition) is 3. The number of fused-ring (bicyclic) bond motifs is 1. The van der Waals surface area contributed by atoms with E-state index in [4.69, 9.17) is 4.74 Å². The molecule has 1 aliphatic heterocycles. The molecule has 0 saturated carbocycles. The Kier molecular flexibility index (Phi) is 3.00. The van der Waals surface area contributed by atoms with E-state index in [0.717, 1.165) is 17.7 Å². The van der Waals surface area contributed by atoms with E-state index >= 15 is 0 Å². The summed E-state index contributed by atoms with van der Waals surface area (Å²) in [4.78, 5) is 12.8. The molecule has 0 amide bonds. The van der Waals surface area contributed by atoms with Crippen molar-refractivity contribution in [2.24, 2.45) is 0 Å². The molecule has 0 N–H and O–H groups in total. The Morgan fingerprint density at radius 2 is 2.27 bits per heavy atom. The van der Waals surface area contributed by atoms with E-state index in [9.17, 15) is 4.79 Å². The lowest BCUT2D eigenvalue weighted by Crippen LogP contribution is -2.08. The van der Waals surface area contributed by atoms with Crippen LogP contribution in [0.2, 0.25) is 0 Å². The number of aryl methyl sites for hydroxylation is 1. The highest BCUT2D eigenvalue weighted by atomic mass is 32.2. The molecule has 1 aromatic rings. The first-order valence-electron chi connectivity index (χ1n) is 5.07. The fourth-order valence-corrected chi connectivity index (χ4v) is 3.09. The molecule has 0 atom stereocenters. The monoisotopic (exact) mass is 222 g/mol. The molecule has 0 aromatic heterocycles. The minimum Gasteiger partial charge on any atom is -0.465 e. The number of carbonyl (C=O) groups is 1. The number of ether oxygens (including phenoxy) is 1. The Morgan fingerprint density at radius 3 is 3.00 bits per heavy atom. The van der Waals surface area contributed by atoms with Crippen molar-refractivity contribution < 1.29 is 9.53 Å². The molecule has 0 radical (unpaired) electrons. The van der Waals surface area contributed by atoms with Gasteiger partial charge in [0.2, 0.25) is 0 Å². The minimum absolute atomic E-state index is 0.235. The van der Waals surface area contributed by atoms with Crippen molar-refractivity contribution in [3.63, 3.8) is 0 Å². The largest absolute Gasteiger partial charge is 0.465 e. The quantitative estimate of drug-likeness (QED) is 0.683. The Bertz CT molecular complexity index is 399. The van der Waals surface area contributed by atoms with Crippen LogP contribution in [-0.2, 0) is 11.2 Å². The van der Waals surface area contributed by atoms with Crippen molar-refractivity contribution in [3.8, 4) is 0 Å². The summed E-state index contributed by atoms with van der Waals surface area (Å²) in [5.41, 5.74) is 3.14. The maximum absolute atomic E-state index is 11.5. The predicted octanol–water partition coefficient (Wildman–Crippen LogP) is 2.82. The summed E-state index contributed by atoms with van der Waals surface area (Å²) in [7, 11) is 1.42. The van der Waals surface area contributed by atoms with Crippen LogP contribution in [0.15, 0.2) is 17.0 Å². The number of carbonyl (C=O) groups excluding carboxylic acids is 1. The summed E-state index contributed by atoms with van der Waals surface area (Å²) in [6, 6.07) is 3.94. The fourth-order valence-electron chi connectivity index (χ4n) is 1.91. The van der Waals surface area contributed by atoms with Gasteiger partial charge in [-0.3, -0.25) is 0 Å². The van der Waals surface area contributed by atoms with E-state index in [1.165, 1.54) is 24.0 Å². The van der Waals surface area contributed by atoms with Gasteiger partial charge in [-0.2, -0.15) is 0 Å². The molecule has 2 rings (SSSR count). The van der Waals surface area contributed by atoms with Crippen molar-refractivity contribution in [1.29, 1.82) is 0 Å². The van der Waals surface area contributed by atoms with Crippen LogP contribution in [0.25, 0.3) is 0 Å². The Hall–Kier alpha value is -0.960. The summed E-state index contributed by atoms with van der Waals surface area (Å²) < 4.78 is 4.76. The first-order valence-corrected chi connectivity index (χ1v) is 6.06. The van der Waals surface area contributed by atoms with Gasteiger partial charge in [0.1, 0.15) is 0 Å². The lowest BCUT2D eigenvalue weighted by molar-refractivity contribution is 0.0599. The molecule has 1 heterocycles. The average molecular weight is 222 g/mol. The van der Waals surface area contributed by atoms with Gasteiger partial charge in [0, 0.05) is 4.90 Å². The standard InChI is InChI=1S/C12H14O2S/c1-8-10(12(13)14-2)6-5-9-4-3-7-15-11(8)9/h5-6H,3-4,7H2,1-2H3. The van der Waals surface area contributed by atoms with E-state index in [-0.39, 0.29) is 5.97 Å². The molecule has 3 heteroatoms. The molecular weight excluding hydrogens is 208 g/mol. The summed E-state index contributed by atoms with van der Waals surface area (Å²) in [6.45, 7) is 2.00. The van der Waals surface area contributed by atoms with Gasteiger partial charge in [0.25, 0.3) is 0 Å². The van der Waals surface area contributed by atoms with E-state index < -0.39 is 0 Å². The third-order valence-corrected chi connectivity index (χ3v) is 4.08. The van der Waals surface area contributed by atoms with Gasteiger partial charge in [0.15, 0.2) is 0 Å². The minimum atomic E-state index is -0.235. The van der Waals surface area contributed by atoms with Gasteiger partial charge < -0.3 is 4.74 Å². The molecule has 0 spiro atoms. The van der Waals surface area contributed by atoms with Gasteiger partial charge in [-0.15, -0.1) is 11.8 Å². The SMILES string of the molecule is COC(=O)c1ccc2c(c1C)SCCC2. The van der Waals surface area contributed by atoms with E-state index in [0.29, 0.717) is 5.56 Å². The second-order valence-electron chi connectivity index (χ2n) is 3.67. The van der Waals surface area contributed by atoms with E-state index in [1.54, 1.807) is 0 Å². The summed E-state index contributed by atoms with van der Waals surface area (Å²) in [5.74, 6) is 0.917. The molecule has 1 aliphatic rings. The molecule has 0 aliphatic carbocycles.